The van der Waals surface area contributed by atoms with E-state index < -0.39 is 5.95 Å². The quantitative estimate of drug-likeness (QED) is 0.642. The van der Waals surface area contributed by atoms with Crippen molar-refractivity contribution in [2.75, 3.05) is 18.0 Å². The fourth-order valence-electron chi connectivity index (χ4n) is 1.53. The zero-order valence-electron chi connectivity index (χ0n) is 8.83. The van der Waals surface area contributed by atoms with Crippen molar-refractivity contribution in [1.82, 2.24) is 4.98 Å². The molecule has 1 aromatic rings. The summed E-state index contributed by atoms with van der Waals surface area (Å²) >= 11 is 0. The molecule has 3 heteroatoms. The minimum Gasteiger partial charge on any atom is -0.370 e. The van der Waals surface area contributed by atoms with Crippen LogP contribution in [0.25, 0.3) is 0 Å². The van der Waals surface area contributed by atoms with Crippen LogP contribution in [0.5, 0.6) is 0 Å². The Hall–Kier alpha value is -1.12. The lowest BCUT2D eigenvalue weighted by Crippen LogP contribution is -2.17. The highest BCUT2D eigenvalue weighted by molar-refractivity contribution is 5.44. The van der Waals surface area contributed by atoms with Gasteiger partial charge in [0.15, 0.2) is 0 Å². The van der Waals surface area contributed by atoms with E-state index in [-0.39, 0.29) is 0 Å². The van der Waals surface area contributed by atoms with E-state index in [0.29, 0.717) is 0 Å². The van der Waals surface area contributed by atoms with Crippen LogP contribution in [-0.2, 0) is 0 Å². The van der Waals surface area contributed by atoms with Crippen molar-refractivity contribution >= 4 is 5.69 Å². The fourth-order valence-corrected chi connectivity index (χ4v) is 1.53. The lowest BCUT2D eigenvalue weighted by Gasteiger charge is -2.16. The summed E-state index contributed by atoms with van der Waals surface area (Å²) in [5.41, 5.74) is 1.04. The topological polar surface area (TPSA) is 16.1 Å². The van der Waals surface area contributed by atoms with Gasteiger partial charge in [0.1, 0.15) is 0 Å². The first-order chi connectivity index (χ1) is 6.86. The van der Waals surface area contributed by atoms with Gasteiger partial charge in [0.25, 0.3) is 0 Å². The summed E-state index contributed by atoms with van der Waals surface area (Å²) in [7, 11) is 0. The van der Waals surface area contributed by atoms with Crippen molar-refractivity contribution in [2.24, 2.45) is 0 Å². The normalized spacial score (nSPS) is 14.9. The number of anilines is 1. The van der Waals surface area contributed by atoms with Crippen molar-refractivity contribution in [3.8, 4) is 0 Å². The van der Waals surface area contributed by atoms with Crippen LogP contribution in [-0.4, -0.2) is 18.1 Å². The van der Waals surface area contributed by atoms with Crippen LogP contribution < -0.4 is 4.90 Å². The molecule has 1 fully saturated rings. The Bertz CT molecular complexity index is 252. The molecule has 2 rings (SSSR count). The van der Waals surface area contributed by atoms with E-state index in [1.54, 1.807) is 12.3 Å². The Labute approximate surface area is 84.8 Å². The molecule has 1 aromatic heterocycles. The molecule has 1 aliphatic rings. The van der Waals surface area contributed by atoms with Gasteiger partial charge in [-0.15, -0.1) is 0 Å². The highest BCUT2D eigenvalue weighted by atomic mass is 19.1. The molecule has 0 bridgehead atoms. The third kappa shape index (κ3) is 2.69. The van der Waals surface area contributed by atoms with Gasteiger partial charge in [-0.25, -0.2) is 4.98 Å². The minimum atomic E-state index is -0.405. The van der Waals surface area contributed by atoms with Gasteiger partial charge in [0, 0.05) is 13.1 Å². The van der Waals surface area contributed by atoms with Gasteiger partial charge in [-0.05, 0) is 25.0 Å². The predicted octanol–water partition coefficient (Wildman–Crippen LogP) is 2.85. The maximum absolute atomic E-state index is 12.4. The molecule has 0 N–H and O–H groups in total. The second-order valence-corrected chi connectivity index (χ2v) is 3.03. The van der Waals surface area contributed by atoms with Crippen molar-refractivity contribution in [2.45, 2.75) is 26.7 Å². The number of pyridine rings is 1. The number of hydrogen-bond acceptors (Lipinski definition) is 2. The Kier molecular flexibility index (Phi) is 4.36. The molecule has 0 saturated carbocycles. The van der Waals surface area contributed by atoms with Crippen molar-refractivity contribution in [1.29, 1.82) is 0 Å². The third-order valence-electron chi connectivity index (χ3n) is 2.18. The minimum absolute atomic E-state index is 0.405. The van der Waals surface area contributed by atoms with E-state index in [9.17, 15) is 4.39 Å². The van der Waals surface area contributed by atoms with E-state index in [1.807, 2.05) is 13.8 Å². The van der Waals surface area contributed by atoms with Gasteiger partial charge in [0.2, 0.25) is 5.95 Å². The summed E-state index contributed by atoms with van der Waals surface area (Å²) in [6.45, 7) is 6.15. The van der Waals surface area contributed by atoms with Crippen LogP contribution in [0.3, 0.4) is 0 Å². The molecule has 0 unspecified atom stereocenters. The summed E-state index contributed by atoms with van der Waals surface area (Å²) in [6, 6.07) is 3.20. The highest BCUT2D eigenvalue weighted by Gasteiger charge is 2.11. The second kappa shape index (κ2) is 5.58. The largest absolute Gasteiger partial charge is 0.370 e. The molecule has 0 spiro atoms. The zero-order valence-corrected chi connectivity index (χ0v) is 8.83. The van der Waals surface area contributed by atoms with Gasteiger partial charge >= 0.3 is 0 Å². The summed E-state index contributed by atoms with van der Waals surface area (Å²) < 4.78 is 12.4. The number of rotatable bonds is 1. The average molecular weight is 196 g/mol. The van der Waals surface area contributed by atoms with Crippen LogP contribution in [0.15, 0.2) is 18.3 Å². The molecule has 1 saturated heterocycles. The lowest BCUT2D eigenvalue weighted by atomic mass is 10.4. The Balaban J connectivity index is 0.000000461. The molecule has 1 aliphatic heterocycles. The molecule has 0 atom stereocenters. The smallest absolute Gasteiger partial charge is 0.212 e. The molecular formula is C11H17FN2. The molecule has 78 valence electrons. The maximum Gasteiger partial charge on any atom is 0.212 e. The summed E-state index contributed by atoms with van der Waals surface area (Å²) in [5, 5.41) is 0. The molecule has 0 aromatic carbocycles. The first kappa shape index (κ1) is 11.0. The zero-order chi connectivity index (χ0) is 10.4. The van der Waals surface area contributed by atoms with Crippen LogP contribution in [0.4, 0.5) is 10.1 Å². The van der Waals surface area contributed by atoms with E-state index in [4.69, 9.17) is 0 Å². The fraction of sp³-hybridized carbons (Fsp3) is 0.545. The van der Waals surface area contributed by atoms with Gasteiger partial charge in [-0.3, -0.25) is 0 Å². The van der Waals surface area contributed by atoms with Gasteiger partial charge in [0.05, 0.1) is 11.9 Å². The number of aromatic nitrogens is 1. The number of hydrogen-bond donors (Lipinski definition) is 0. The molecule has 0 aliphatic carbocycles. The van der Waals surface area contributed by atoms with E-state index in [1.165, 1.54) is 18.9 Å². The molecule has 0 amide bonds. The first-order valence-electron chi connectivity index (χ1n) is 5.23. The number of nitrogens with zero attached hydrogens (tertiary/aromatic N) is 2. The third-order valence-corrected chi connectivity index (χ3v) is 2.18. The Morgan fingerprint density at radius 3 is 2.36 bits per heavy atom. The Morgan fingerprint density at radius 1 is 1.21 bits per heavy atom. The first-order valence-corrected chi connectivity index (χ1v) is 5.23. The SMILES string of the molecule is CC.Fc1ccc(N2CCCC2)cn1. The lowest BCUT2D eigenvalue weighted by molar-refractivity contribution is 0.583. The molecule has 2 heterocycles. The highest BCUT2D eigenvalue weighted by Crippen LogP contribution is 2.18. The van der Waals surface area contributed by atoms with E-state index >= 15 is 0 Å². The molecule has 2 nitrogen and oxygen atoms in total. The molecular weight excluding hydrogens is 179 g/mol. The second-order valence-electron chi connectivity index (χ2n) is 3.03. The van der Waals surface area contributed by atoms with Gasteiger partial charge in [-0.1, -0.05) is 13.8 Å². The van der Waals surface area contributed by atoms with Crippen molar-refractivity contribution in [3.05, 3.63) is 24.3 Å². The molecule has 0 radical (unpaired) electrons. The number of halogens is 1. The van der Waals surface area contributed by atoms with Crippen LogP contribution in [0.2, 0.25) is 0 Å². The standard InChI is InChI=1S/C9H11FN2.C2H6/c10-9-4-3-8(7-11-9)12-5-1-2-6-12;1-2/h3-4,7H,1-2,5-6H2;1-2H3. The van der Waals surface area contributed by atoms with Crippen LogP contribution in [0, 0.1) is 5.95 Å². The summed E-state index contributed by atoms with van der Waals surface area (Å²) in [5.74, 6) is -0.405. The van der Waals surface area contributed by atoms with Gasteiger partial charge < -0.3 is 4.90 Å². The Morgan fingerprint density at radius 2 is 1.86 bits per heavy atom. The van der Waals surface area contributed by atoms with E-state index in [2.05, 4.69) is 9.88 Å². The molecule has 14 heavy (non-hydrogen) atoms. The monoisotopic (exact) mass is 196 g/mol. The summed E-state index contributed by atoms with van der Waals surface area (Å²) in [4.78, 5) is 5.84. The van der Waals surface area contributed by atoms with Crippen LogP contribution in [0.1, 0.15) is 26.7 Å². The average Bonchev–Trinajstić information content (AvgIpc) is 2.75. The van der Waals surface area contributed by atoms with Crippen LogP contribution >= 0.6 is 0 Å². The van der Waals surface area contributed by atoms with Gasteiger partial charge in [-0.2, -0.15) is 4.39 Å². The van der Waals surface area contributed by atoms with E-state index in [0.717, 1.165) is 18.8 Å². The maximum atomic E-state index is 12.4. The van der Waals surface area contributed by atoms with Crippen molar-refractivity contribution < 1.29 is 4.39 Å². The summed E-state index contributed by atoms with van der Waals surface area (Å²) in [6.07, 6.45) is 4.06. The predicted molar refractivity (Wildman–Crippen MR) is 57.0 cm³/mol. The van der Waals surface area contributed by atoms with Crippen molar-refractivity contribution in [3.63, 3.8) is 0 Å².